The van der Waals surface area contributed by atoms with Crippen molar-refractivity contribution in [2.24, 2.45) is 0 Å². The molecule has 0 bridgehead atoms. The molecule has 3 aromatic carbocycles. The number of fused-ring (bicyclic) bond motifs is 1. The Morgan fingerprint density at radius 2 is 1.75 bits per heavy atom. The molecule has 0 saturated carbocycles. The molecule has 0 N–H and O–H groups in total. The van der Waals surface area contributed by atoms with E-state index in [1.807, 2.05) is 35.2 Å². The topological polar surface area (TPSA) is 38.1 Å². The van der Waals surface area contributed by atoms with Gasteiger partial charge in [0.1, 0.15) is 5.82 Å². The number of carbonyl (C=O) groups excluding carboxylic acids is 1. The minimum Gasteiger partial charge on any atom is -0.323 e. The summed E-state index contributed by atoms with van der Waals surface area (Å²) in [5, 5.41) is 0.635. The summed E-state index contributed by atoms with van der Waals surface area (Å²) in [5.74, 6) is 1.11. The minimum absolute atomic E-state index is 0.0277. The van der Waals surface area contributed by atoms with Gasteiger partial charge < -0.3 is 9.47 Å². The van der Waals surface area contributed by atoms with Crippen molar-refractivity contribution in [1.29, 1.82) is 0 Å². The van der Waals surface area contributed by atoms with Gasteiger partial charge in [-0.25, -0.2) is 4.98 Å². The van der Waals surface area contributed by atoms with Crippen molar-refractivity contribution in [3.05, 3.63) is 93.8 Å². The van der Waals surface area contributed by atoms with Crippen LogP contribution in [-0.4, -0.2) is 22.0 Å². The van der Waals surface area contributed by atoms with Gasteiger partial charge in [0.15, 0.2) is 0 Å². The number of hydrogen-bond donors (Lipinski definition) is 0. The molecule has 4 nitrogen and oxygen atoms in total. The number of para-hydroxylation sites is 2. The monoisotopic (exact) mass is 443 g/mol. The predicted molar refractivity (Wildman–Crippen MR) is 131 cm³/mol. The number of halogens is 1. The molecule has 1 unspecified atom stereocenters. The molecule has 0 radical (unpaired) electrons. The van der Waals surface area contributed by atoms with Crippen molar-refractivity contribution < 1.29 is 4.79 Å². The number of carbonyl (C=O) groups is 1. The molecule has 2 heterocycles. The number of nitrogens with zero attached hydrogens (tertiary/aromatic N) is 3. The van der Waals surface area contributed by atoms with E-state index >= 15 is 0 Å². The Kier molecular flexibility index (Phi) is 5.26. The van der Waals surface area contributed by atoms with Crippen LogP contribution in [0, 0.1) is 20.8 Å². The third kappa shape index (κ3) is 3.69. The Labute approximate surface area is 193 Å². The van der Waals surface area contributed by atoms with Gasteiger partial charge in [-0.05, 0) is 67.8 Å². The van der Waals surface area contributed by atoms with E-state index in [2.05, 4.69) is 55.7 Å². The molecule has 0 aliphatic carbocycles. The van der Waals surface area contributed by atoms with E-state index in [1.165, 1.54) is 22.3 Å². The summed E-state index contributed by atoms with van der Waals surface area (Å²) in [5.41, 5.74) is 8.09. The van der Waals surface area contributed by atoms with Crippen LogP contribution in [0.3, 0.4) is 0 Å². The van der Waals surface area contributed by atoms with Gasteiger partial charge in [-0.3, -0.25) is 4.79 Å². The van der Waals surface area contributed by atoms with Crippen molar-refractivity contribution in [1.82, 2.24) is 9.55 Å². The Morgan fingerprint density at radius 3 is 2.50 bits per heavy atom. The van der Waals surface area contributed by atoms with Gasteiger partial charge in [-0.1, -0.05) is 47.5 Å². The summed E-state index contributed by atoms with van der Waals surface area (Å²) in [7, 11) is 0. The fraction of sp³-hybridized carbons (Fsp3) is 0.259. The second kappa shape index (κ2) is 8.10. The van der Waals surface area contributed by atoms with Crippen molar-refractivity contribution in [2.75, 3.05) is 11.4 Å². The first-order valence-corrected chi connectivity index (χ1v) is 11.4. The number of hydrogen-bond acceptors (Lipinski definition) is 2. The van der Waals surface area contributed by atoms with Gasteiger partial charge in [0.05, 0.1) is 11.0 Å². The van der Waals surface area contributed by atoms with E-state index in [0.717, 1.165) is 29.1 Å². The molecule has 1 fully saturated rings. The molecular formula is C27H26ClN3O. The Morgan fingerprint density at radius 1 is 1.00 bits per heavy atom. The van der Waals surface area contributed by atoms with Crippen LogP contribution in [0.15, 0.2) is 60.7 Å². The fourth-order valence-electron chi connectivity index (χ4n) is 4.96. The van der Waals surface area contributed by atoms with E-state index < -0.39 is 0 Å². The number of imidazole rings is 1. The van der Waals surface area contributed by atoms with Crippen LogP contribution in [0.2, 0.25) is 5.02 Å². The molecule has 0 spiro atoms. The highest BCUT2D eigenvalue weighted by Gasteiger charge is 2.35. The zero-order valence-corrected chi connectivity index (χ0v) is 19.4. The summed E-state index contributed by atoms with van der Waals surface area (Å²) in [4.78, 5) is 19.8. The highest BCUT2D eigenvalue weighted by molar-refractivity contribution is 6.30. The van der Waals surface area contributed by atoms with Crippen LogP contribution in [0.5, 0.6) is 0 Å². The molecule has 32 heavy (non-hydrogen) atoms. The van der Waals surface area contributed by atoms with Gasteiger partial charge in [0, 0.05) is 36.1 Å². The smallest absolute Gasteiger partial charge is 0.227 e. The van der Waals surface area contributed by atoms with Crippen molar-refractivity contribution in [3.8, 4) is 0 Å². The number of anilines is 1. The summed E-state index contributed by atoms with van der Waals surface area (Å²) in [6.45, 7) is 7.84. The second-order valence-electron chi connectivity index (χ2n) is 8.81. The molecule has 5 heteroatoms. The predicted octanol–water partition coefficient (Wildman–Crippen LogP) is 6.18. The number of benzene rings is 3. The maximum Gasteiger partial charge on any atom is 0.227 e. The quantitative estimate of drug-likeness (QED) is 0.377. The highest BCUT2D eigenvalue weighted by Crippen LogP contribution is 2.34. The Bertz CT molecular complexity index is 1320. The van der Waals surface area contributed by atoms with E-state index in [4.69, 9.17) is 16.6 Å². The molecule has 162 valence electrons. The third-order valence-electron chi connectivity index (χ3n) is 6.45. The van der Waals surface area contributed by atoms with E-state index in [-0.39, 0.29) is 11.8 Å². The molecule has 1 amide bonds. The first-order chi connectivity index (χ1) is 15.4. The van der Waals surface area contributed by atoms with Crippen LogP contribution >= 0.6 is 11.6 Å². The zero-order valence-electron chi connectivity index (χ0n) is 18.6. The summed E-state index contributed by atoms with van der Waals surface area (Å²) >= 11 is 6.18. The minimum atomic E-state index is 0.0277. The van der Waals surface area contributed by atoms with Crippen LogP contribution in [0.1, 0.15) is 40.4 Å². The number of rotatable bonds is 4. The average molecular weight is 444 g/mol. The second-order valence-corrected chi connectivity index (χ2v) is 9.24. The maximum atomic E-state index is 12.9. The summed E-state index contributed by atoms with van der Waals surface area (Å²) < 4.78 is 2.30. The fourth-order valence-corrected chi connectivity index (χ4v) is 5.15. The molecule has 1 aliphatic rings. The molecular weight excluding hydrogens is 418 g/mol. The van der Waals surface area contributed by atoms with E-state index in [0.29, 0.717) is 18.0 Å². The Hall–Kier alpha value is -3.11. The first-order valence-electron chi connectivity index (χ1n) is 11.0. The van der Waals surface area contributed by atoms with Crippen LogP contribution < -0.4 is 4.90 Å². The molecule has 5 rings (SSSR count). The van der Waals surface area contributed by atoms with Gasteiger partial charge in [-0.15, -0.1) is 0 Å². The zero-order chi connectivity index (χ0) is 22.4. The maximum absolute atomic E-state index is 12.9. The molecule has 1 saturated heterocycles. The lowest BCUT2D eigenvalue weighted by Gasteiger charge is -2.19. The largest absolute Gasteiger partial charge is 0.323 e. The van der Waals surface area contributed by atoms with Crippen LogP contribution in [-0.2, 0) is 11.3 Å². The SMILES string of the molecule is Cc1cc(C)c(Cn2c(C3CC(=O)N(c4cccc(Cl)c4)C3)nc3ccccc32)c(C)c1. The van der Waals surface area contributed by atoms with Gasteiger partial charge in [-0.2, -0.15) is 0 Å². The van der Waals surface area contributed by atoms with Crippen molar-refractivity contribution in [2.45, 2.75) is 39.7 Å². The number of aromatic nitrogens is 2. The summed E-state index contributed by atoms with van der Waals surface area (Å²) in [6.07, 6.45) is 0.446. The lowest BCUT2D eigenvalue weighted by atomic mass is 9.99. The van der Waals surface area contributed by atoms with E-state index in [9.17, 15) is 4.79 Å². The van der Waals surface area contributed by atoms with Crippen LogP contribution in [0.25, 0.3) is 11.0 Å². The van der Waals surface area contributed by atoms with Crippen molar-refractivity contribution >= 4 is 34.2 Å². The van der Waals surface area contributed by atoms with Crippen molar-refractivity contribution in [3.63, 3.8) is 0 Å². The van der Waals surface area contributed by atoms with Crippen LogP contribution in [0.4, 0.5) is 5.69 Å². The molecule has 1 aromatic heterocycles. The molecule has 1 atom stereocenters. The van der Waals surface area contributed by atoms with E-state index in [1.54, 1.807) is 0 Å². The van der Waals surface area contributed by atoms with Gasteiger partial charge in [0.25, 0.3) is 0 Å². The molecule has 4 aromatic rings. The lowest BCUT2D eigenvalue weighted by molar-refractivity contribution is -0.117. The Balaban J connectivity index is 1.56. The highest BCUT2D eigenvalue weighted by atomic mass is 35.5. The lowest BCUT2D eigenvalue weighted by Crippen LogP contribution is -2.24. The van der Waals surface area contributed by atoms with Gasteiger partial charge >= 0.3 is 0 Å². The third-order valence-corrected chi connectivity index (χ3v) is 6.69. The van der Waals surface area contributed by atoms with Gasteiger partial charge in [0.2, 0.25) is 5.91 Å². The normalized spacial score (nSPS) is 16.3. The summed E-state index contributed by atoms with van der Waals surface area (Å²) in [6, 6.07) is 20.2. The number of amides is 1. The number of aryl methyl sites for hydroxylation is 3. The standard InChI is InChI=1S/C27H26ClN3O/c1-17-11-18(2)23(19(3)12-17)16-31-25-10-5-4-9-24(25)29-27(31)20-13-26(32)30(15-20)22-8-6-7-21(28)14-22/h4-12,14,20H,13,15-16H2,1-3H3. The average Bonchev–Trinajstić information content (AvgIpc) is 3.31. The molecule has 1 aliphatic heterocycles. The first kappa shape index (κ1) is 20.8.